The lowest BCUT2D eigenvalue weighted by Crippen LogP contribution is -2.33. The fourth-order valence-corrected chi connectivity index (χ4v) is 7.53. The van der Waals surface area contributed by atoms with Crippen LogP contribution >= 0.6 is 11.3 Å². The molecule has 0 N–H and O–H groups in total. The molecule has 0 saturated carbocycles. The Hall–Kier alpha value is -3.23. The van der Waals surface area contributed by atoms with Crippen LogP contribution in [0.15, 0.2) is 72.9 Å². The number of aryl methyl sites for hydroxylation is 1. The van der Waals surface area contributed by atoms with Crippen molar-refractivity contribution in [3.63, 3.8) is 0 Å². The smallest absolute Gasteiger partial charge is 0.0780 e. The Kier molecular flexibility index (Phi) is 4.52. The van der Waals surface area contributed by atoms with Crippen LogP contribution in [0.5, 0.6) is 0 Å². The highest BCUT2D eigenvalue weighted by Gasteiger charge is 2.37. The quantitative estimate of drug-likeness (QED) is 0.226. The van der Waals surface area contributed by atoms with E-state index in [4.69, 9.17) is 4.98 Å². The molecule has 2 heterocycles. The zero-order valence-electron chi connectivity index (χ0n) is 21.7. The van der Waals surface area contributed by atoms with Gasteiger partial charge in [0.15, 0.2) is 0 Å². The molecule has 0 atom stereocenters. The summed E-state index contributed by atoms with van der Waals surface area (Å²) in [5.74, 6) is 0. The van der Waals surface area contributed by atoms with E-state index in [-0.39, 0.29) is 10.8 Å². The minimum absolute atomic E-state index is 0.208. The predicted molar refractivity (Wildman–Crippen MR) is 158 cm³/mol. The number of thiophene rings is 1. The molecule has 0 spiro atoms. The van der Waals surface area contributed by atoms with Crippen LogP contribution < -0.4 is 0 Å². The first-order valence-corrected chi connectivity index (χ1v) is 13.8. The molecule has 2 aromatic heterocycles. The molecule has 0 bridgehead atoms. The summed E-state index contributed by atoms with van der Waals surface area (Å²) in [5, 5.41) is 7.82. The van der Waals surface area contributed by atoms with Crippen LogP contribution in [-0.2, 0) is 10.8 Å². The second kappa shape index (κ2) is 7.40. The van der Waals surface area contributed by atoms with Crippen LogP contribution in [0.1, 0.15) is 57.2 Å². The van der Waals surface area contributed by atoms with E-state index in [2.05, 4.69) is 101 Å². The minimum atomic E-state index is 0.208. The third-order valence-electron chi connectivity index (χ3n) is 8.67. The Bertz CT molecular complexity index is 1850. The minimum Gasteiger partial charge on any atom is -0.256 e. The van der Waals surface area contributed by atoms with Crippen molar-refractivity contribution in [1.29, 1.82) is 0 Å². The summed E-state index contributed by atoms with van der Waals surface area (Å²) in [6.07, 6.45) is 4.44. The Morgan fingerprint density at radius 3 is 2.14 bits per heavy atom. The summed E-state index contributed by atoms with van der Waals surface area (Å²) >= 11 is 1.94. The Labute approximate surface area is 216 Å². The van der Waals surface area contributed by atoms with E-state index in [0.29, 0.717) is 0 Å². The van der Waals surface area contributed by atoms with Gasteiger partial charge in [-0.3, -0.25) is 4.98 Å². The van der Waals surface area contributed by atoms with Crippen LogP contribution in [0.25, 0.3) is 53.0 Å². The van der Waals surface area contributed by atoms with Crippen LogP contribution in [0, 0.1) is 6.92 Å². The van der Waals surface area contributed by atoms with Gasteiger partial charge in [0.1, 0.15) is 0 Å². The van der Waals surface area contributed by atoms with Crippen molar-refractivity contribution < 1.29 is 0 Å². The molecular weight excluding hydrogens is 454 g/mol. The van der Waals surface area contributed by atoms with Crippen molar-refractivity contribution in [2.45, 2.75) is 58.3 Å². The van der Waals surface area contributed by atoms with Crippen molar-refractivity contribution in [3.8, 4) is 11.3 Å². The molecule has 0 saturated heterocycles. The molecule has 4 aromatic carbocycles. The van der Waals surface area contributed by atoms with E-state index < -0.39 is 0 Å². The summed E-state index contributed by atoms with van der Waals surface area (Å²) in [4.78, 5) is 4.91. The third kappa shape index (κ3) is 3.17. The molecule has 1 aliphatic carbocycles. The molecule has 0 amide bonds. The van der Waals surface area contributed by atoms with Gasteiger partial charge >= 0.3 is 0 Å². The van der Waals surface area contributed by atoms with Gasteiger partial charge in [0.2, 0.25) is 0 Å². The predicted octanol–water partition coefficient (Wildman–Crippen LogP) is 10.1. The number of hydrogen-bond acceptors (Lipinski definition) is 2. The molecular formula is C34H31NS. The van der Waals surface area contributed by atoms with Gasteiger partial charge in [0.05, 0.1) is 5.69 Å². The van der Waals surface area contributed by atoms with Crippen molar-refractivity contribution in [2.24, 2.45) is 0 Å². The van der Waals surface area contributed by atoms with Gasteiger partial charge in [0, 0.05) is 37.3 Å². The fraction of sp³-hybridized carbons (Fsp3) is 0.265. The first-order valence-electron chi connectivity index (χ1n) is 13.0. The molecule has 0 aliphatic heterocycles. The molecule has 1 aliphatic rings. The molecule has 6 aromatic rings. The number of rotatable bonds is 1. The molecule has 0 unspecified atom stereocenters. The third-order valence-corrected chi connectivity index (χ3v) is 9.79. The molecule has 7 rings (SSSR count). The van der Waals surface area contributed by atoms with Crippen molar-refractivity contribution in [3.05, 3.63) is 89.6 Å². The summed E-state index contributed by atoms with van der Waals surface area (Å²) in [7, 11) is 0. The number of pyridine rings is 1. The lowest BCUT2D eigenvalue weighted by atomic mass is 9.63. The zero-order valence-corrected chi connectivity index (χ0v) is 22.5. The summed E-state index contributed by atoms with van der Waals surface area (Å²) < 4.78 is 2.77. The standard InChI is InChI=1S/C34H31NS/c1-20-14-23(15-21-8-6-7-9-24(20)21)32-25-17-26-27-18-28-29(34(4,5)12-11-33(28,2)3)19-31(27)36-30(26)16-22(25)10-13-35-32/h6-10,13-19H,11-12H2,1-5H3. The Morgan fingerprint density at radius 1 is 0.667 bits per heavy atom. The van der Waals surface area contributed by atoms with Crippen molar-refractivity contribution >= 4 is 53.1 Å². The number of aromatic nitrogens is 1. The first kappa shape index (κ1) is 22.0. The largest absolute Gasteiger partial charge is 0.256 e. The zero-order chi connectivity index (χ0) is 24.8. The number of benzene rings is 4. The second-order valence-electron chi connectivity index (χ2n) is 12.0. The summed E-state index contributed by atoms with van der Waals surface area (Å²) in [6, 6.07) is 25.2. The molecule has 1 nitrogen and oxygen atoms in total. The highest BCUT2D eigenvalue weighted by atomic mass is 32.1. The van der Waals surface area contributed by atoms with Gasteiger partial charge < -0.3 is 0 Å². The molecule has 178 valence electrons. The van der Waals surface area contributed by atoms with Crippen molar-refractivity contribution in [1.82, 2.24) is 4.98 Å². The van der Waals surface area contributed by atoms with E-state index in [0.717, 1.165) is 5.69 Å². The lowest BCUT2D eigenvalue weighted by Gasteiger charge is -2.41. The van der Waals surface area contributed by atoms with Crippen LogP contribution in [0.3, 0.4) is 0 Å². The monoisotopic (exact) mass is 485 g/mol. The number of fused-ring (bicyclic) bond motifs is 6. The average molecular weight is 486 g/mol. The van der Waals surface area contributed by atoms with E-state index in [1.165, 1.54) is 76.8 Å². The number of nitrogens with zero attached hydrogens (tertiary/aromatic N) is 1. The van der Waals surface area contributed by atoms with E-state index in [1.54, 1.807) is 0 Å². The van der Waals surface area contributed by atoms with Gasteiger partial charge in [-0.25, -0.2) is 0 Å². The van der Waals surface area contributed by atoms with Crippen LogP contribution in [0.2, 0.25) is 0 Å². The number of hydrogen-bond donors (Lipinski definition) is 0. The van der Waals surface area contributed by atoms with E-state index in [1.807, 2.05) is 17.5 Å². The average Bonchev–Trinajstić information content (AvgIpc) is 3.21. The normalized spacial score (nSPS) is 16.7. The molecule has 2 heteroatoms. The maximum atomic E-state index is 4.91. The highest BCUT2D eigenvalue weighted by molar-refractivity contribution is 7.25. The second-order valence-corrected chi connectivity index (χ2v) is 13.1. The fourth-order valence-electron chi connectivity index (χ4n) is 6.37. The van der Waals surface area contributed by atoms with E-state index >= 15 is 0 Å². The summed E-state index contributed by atoms with van der Waals surface area (Å²) in [5.41, 5.74) is 7.06. The maximum absolute atomic E-state index is 4.91. The SMILES string of the molecule is Cc1cc(-c2nccc3cc4sc5cc6c(cc5c4cc23)C(C)(C)CCC6(C)C)cc2ccccc12. The Morgan fingerprint density at radius 2 is 1.33 bits per heavy atom. The van der Waals surface area contributed by atoms with E-state index in [9.17, 15) is 0 Å². The summed E-state index contributed by atoms with van der Waals surface area (Å²) in [6.45, 7) is 11.9. The Balaban J connectivity index is 1.52. The van der Waals surface area contributed by atoms with Gasteiger partial charge in [-0.15, -0.1) is 11.3 Å². The van der Waals surface area contributed by atoms with Crippen molar-refractivity contribution in [2.75, 3.05) is 0 Å². The maximum Gasteiger partial charge on any atom is 0.0780 e. The topological polar surface area (TPSA) is 12.9 Å². The first-order chi connectivity index (χ1) is 17.2. The molecule has 36 heavy (non-hydrogen) atoms. The van der Waals surface area contributed by atoms with Gasteiger partial charge in [-0.1, -0.05) is 52.0 Å². The molecule has 0 radical (unpaired) electrons. The van der Waals surface area contributed by atoms with Gasteiger partial charge in [0.25, 0.3) is 0 Å². The van der Waals surface area contributed by atoms with Gasteiger partial charge in [-0.2, -0.15) is 0 Å². The lowest BCUT2D eigenvalue weighted by molar-refractivity contribution is 0.332. The van der Waals surface area contributed by atoms with Crippen LogP contribution in [-0.4, -0.2) is 4.98 Å². The highest BCUT2D eigenvalue weighted by Crippen LogP contribution is 2.49. The van der Waals surface area contributed by atoms with Crippen LogP contribution in [0.4, 0.5) is 0 Å². The molecule has 0 fully saturated rings. The van der Waals surface area contributed by atoms with Gasteiger partial charge in [-0.05, 0) is 106 Å².